The van der Waals surface area contributed by atoms with Gasteiger partial charge in [0, 0.05) is 24.2 Å². The largest absolute Gasteiger partial charge is 0.492 e. The third-order valence-electron chi connectivity index (χ3n) is 6.24. The first-order valence-corrected chi connectivity index (χ1v) is 13.4. The molecule has 1 saturated carbocycles. The van der Waals surface area contributed by atoms with E-state index in [2.05, 4.69) is 40.0 Å². The summed E-state index contributed by atoms with van der Waals surface area (Å²) in [4.78, 5) is 11.0. The Morgan fingerprint density at radius 3 is 2.55 bits per heavy atom. The minimum atomic E-state index is -0.309. The zero-order valence-electron chi connectivity index (χ0n) is 18.8. The molecule has 5 rings (SSSR count). The number of para-hydroxylation sites is 1. The molecule has 6 nitrogen and oxygen atoms in total. The van der Waals surface area contributed by atoms with Crippen molar-refractivity contribution in [2.45, 2.75) is 12.8 Å². The second kappa shape index (κ2) is 8.62. The molecule has 1 aromatic heterocycles. The fourth-order valence-electron chi connectivity index (χ4n) is 4.29. The van der Waals surface area contributed by atoms with Crippen LogP contribution >= 0.6 is 19.5 Å². The topological polar surface area (TPSA) is 62.3 Å². The molecule has 172 valence electrons. The molecule has 1 spiro atoms. The van der Waals surface area contributed by atoms with Crippen molar-refractivity contribution in [1.82, 2.24) is 9.97 Å². The van der Waals surface area contributed by atoms with Crippen LogP contribution < -0.4 is 25.6 Å². The average molecular weight is 486 g/mol. The van der Waals surface area contributed by atoms with E-state index in [-0.39, 0.29) is 13.7 Å². The third kappa shape index (κ3) is 4.32. The van der Waals surface area contributed by atoms with Gasteiger partial charge in [-0.2, -0.15) is 4.98 Å². The number of benzene rings is 2. The van der Waals surface area contributed by atoms with Crippen LogP contribution in [0.4, 0.5) is 33.2 Å². The maximum absolute atomic E-state index is 14.8. The Bertz CT molecular complexity index is 1200. The lowest BCUT2D eigenvalue weighted by molar-refractivity contribution is 0.366. The smallest absolute Gasteiger partial charge is 0.229 e. The van der Waals surface area contributed by atoms with Crippen molar-refractivity contribution in [2.75, 3.05) is 49.1 Å². The number of anilines is 5. The zero-order valence-corrected chi connectivity index (χ0v) is 20.5. The van der Waals surface area contributed by atoms with Gasteiger partial charge in [-0.15, -0.1) is 0 Å². The van der Waals surface area contributed by atoms with E-state index in [9.17, 15) is 4.39 Å². The van der Waals surface area contributed by atoms with E-state index in [0.29, 0.717) is 39.3 Å². The van der Waals surface area contributed by atoms with Gasteiger partial charge in [0.2, 0.25) is 5.95 Å². The standard InChI is InChI=1S/C24H26ClFN5OP/c1-32-21-18(9-8-16(26)20(21)31-13-24(14-31)10-11-24)29-23-27-12-15(25)22(30-23)28-17-6-4-5-7-19(17)33(2)3/h4-9,12H,10-11,13-14H2,1-3H3,(H2,27,28,29,30). The molecule has 1 saturated heterocycles. The second-order valence-corrected chi connectivity index (χ2v) is 11.6. The van der Waals surface area contributed by atoms with Crippen molar-refractivity contribution in [3.05, 3.63) is 53.4 Å². The number of rotatable bonds is 7. The van der Waals surface area contributed by atoms with E-state index in [1.807, 2.05) is 23.1 Å². The van der Waals surface area contributed by atoms with Crippen molar-refractivity contribution >= 4 is 53.7 Å². The summed E-state index contributed by atoms with van der Waals surface area (Å²) in [5, 5.41) is 8.17. The van der Waals surface area contributed by atoms with E-state index < -0.39 is 0 Å². The lowest BCUT2D eigenvalue weighted by Crippen LogP contribution is -2.49. The van der Waals surface area contributed by atoms with Crippen LogP contribution in [0.2, 0.25) is 5.02 Å². The van der Waals surface area contributed by atoms with Gasteiger partial charge in [-0.25, -0.2) is 9.37 Å². The second-order valence-electron chi connectivity index (χ2n) is 8.88. The molecule has 0 bridgehead atoms. The van der Waals surface area contributed by atoms with Gasteiger partial charge in [0.25, 0.3) is 0 Å². The number of methoxy groups -OCH3 is 1. The normalized spacial score (nSPS) is 16.0. The van der Waals surface area contributed by atoms with Crippen LogP contribution in [-0.4, -0.2) is 43.5 Å². The van der Waals surface area contributed by atoms with Gasteiger partial charge in [0.05, 0.1) is 19.0 Å². The molecule has 9 heteroatoms. The summed E-state index contributed by atoms with van der Waals surface area (Å²) < 4.78 is 20.4. The van der Waals surface area contributed by atoms with E-state index >= 15 is 0 Å². The molecule has 2 fully saturated rings. The Balaban J connectivity index is 1.42. The highest BCUT2D eigenvalue weighted by atomic mass is 35.5. The van der Waals surface area contributed by atoms with Crippen molar-refractivity contribution < 1.29 is 9.13 Å². The Kier molecular flexibility index (Phi) is 5.79. The lowest BCUT2D eigenvalue weighted by atomic mass is 9.95. The molecular formula is C24H26ClFN5OP. The molecule has 0 atom stereocenters. The van der Waals surface area contributed by atoms with Gasteiger partial charge < -0.3 is 20.3 Å². The summed E-state index contributed by atoms with van der Waals surface area (Å²) >= 11 is 6.40. The number of ether oxygens (including phenoxy) is 1. The molecule has 33 heavy (non-hydrogen) atoms. The summed E-state index contributed by atoms with van der Waals surface area (Å²) in [7, 11) is 1.24. The third-order valence-corrected chi connectivity index (χ3v) is 7.87. The first-order valence-electron chi connectivity index (χ1n) is 10.8. The van der Waals surface area contributed by atoms with Crippen molar-refractivity contribution in [3.63, 3.8) is 0 Å². The van der Waals surface area contributed by atoms with Gasteiger partial charge in [-0.1, -0.05) is 37.7 Å². The van der Waals surface area contributed by atoms with Gasteiger partial charge in [-0.3, -0.25) is 0 Å². The highest BCUT2D eigenvalue weighted by Gasteiger charge is 2.53. The quantitative estimate of drug-likeness (QED) is 0.417. The molecule has 1 aliphatic carbocycles. The van der Waals surface area contributed by atoms with E-state index in [0.717, 1.165) is 18.8 Å². The Morgan fingerprint density at radius 2 is 1.85 bits per heavy atom. The number of hydrogen-bond donors (Lipinski definition) is 2. The van der Waals surface area contributed by atoms with Crippen LogP contribution in [0.15, 0.2) is 42.6 Å². The number of halogens is 2. The Morgan fingerprint density at radius 1 is 1.09 bits per heavy atom. The fraction of sp³-hybridized carbons (Fsp3) is 0.333. The average Bonchev–Trinajstić information content (AvgIpc) is 3.57. The van der Waals surface area contributed by atoms with Crippen LogP contribution in [0.5, 0.6) is 5.75 Å². The number of nitrogens with one attached hydrogen (secondary N) is 2. The molecule has 0 radical (unpaired) electrons. The molecule has 3 aromatic rings. The maximum Gasteiger partial charge on any atom is 0.229 e. The maximum atomic E-state index is 14.8. The Labute approximate surface area is 199 Å². The highest BCUT2D eigenvalue weighted by Crippen LogP contribution is 2.56. The summed E-state index contributed by atoms with van der Waals surface area (Å²) in [6.07, 6.45) is 3.99. The first kappa shape index (κ1) is 22.2. The predicted molar refractivity (Wildman–Crippen MR) is 135 cm³/mol. The SMILES string of the molecule is COc1c(Nc2ncc(Cl)c(Nc3ccccc3P(C)C)n2)ccc(F)c1N1CC2(CC2)C1. The molecule has 2 aromatic carbocycles. The minimum absolute atomic E-state index is 0.292. The monoisotopic (exact) mass is 485 g/mol. The zero-order chi connectivity index (χ0) is 23.2. The first-order chi connectivity index (χ1) is 15.9. The van der Waals surface area contributed by atoms with Gasteiger partial charge in [-0.05, 0) is 49.7 Å². The number of hydrogen-bond acceptors (Lipinski definition) is 6. The molecule has 0 amide bonds. The van der Waals surface area contributed by atoms with Crippen LogP contribution in [-0.2, 0) is 0 Å². The van der Waals surface area contributed by atoms with Crippen molar-refractivity contribution in [3.8, 4) is 5.75 Å². The van der Waals surface area contributed by atoms with Gasteiger partial charge >= 0.3 is 0 Å². The molecule has 0 unspecified atom stereocenters. The van der Waals surface area contributed by atoms with E-state index in [1.165, 1.54) is 24.2 Å². The van der Waals surface area contributed by atoms with Gasteiger partial charge in [0.15, 0.2) is 11.6 Å². The van der Waals surface area contributed by atoms with Crippen LogP contribution in [0, 0.1) is 11.2 Å². The molecular weight excluding hydrogens is 460 g/mol. The number of aromatic nitrogens is 2. The van der Waals surface area contributed by atoms with E-state index in [4.69, 9.17) is 16.3 Å². The van der Waals surface area contributed by atoms with Crippen molar-refractivity contribution in [2.24, 2.45) is 5.41 Å². The number of nitrogens with zero attached hydrogens (tertiary/aromatic N) is 3. The van der Waals surface area contributed by atoms with Crippen molar-refractivity contribution in [1.29, 1.82) is 0 Å². The summed E-state index contributed by atoms with van der Waals surface area (Å²) in [6, 6.07) is 11.2. The van der Waals surface area contributed by atoms with Crippen LogP contribution in [0.25, 0.3) is 0 Å². The fourth-order valence-corrected chi connectivity index (χ4v) is 5.43. The van der Waals surface area contributed by atoms with Gasteiger partial charge in [0.1, 0.15) is 16.5 Å². The van der Waals surface area contributed by atoms with Crippen LogP contribution in [0.3, 0.4) is 0 Å². The summed E-state index contributed by atoms with van der Waals surface area (Å²) in [5.74, 6) is 0.997. The molecule has 2 heterocycles. The van der Waals surface area contributed by atoms with Crippen LogP contribution in [0.1, 0.15) is 12.8 Å². The summed E-state index contributed by atoms with van der Waals surface area (Å²) in [5.41, 5.74) is 2.45. The predicted octanol–water partition coefficient (Wildman–Crippen LogP) is 5.73. The lowest BCUT2D eigenvalue weighted by Gasteiger charge is -2.42. The Hall–Kier alpha value is -2.63. The minimum Gasteiger partial charge on any atom is -0.492 e. The molecule has 2 N–H and O–H groups in total. The van der Waals surface area contributed by atoms with E-state index in [1.54, 1.807) is 19.4 Å². The molecule has 2 aliphatic rings. The summed E-state index contributed by atoms with van der Waals surface area (Å²) in [6.45, 7) is 6.14. The highest BCUT2D eigenvalue weighted by molar-refractivity contribution is 7.64. The molecule has 1 aliphatic heterocycles.